The Morgan fingerprint density at radius 3 is 2.17 bits per heavy atom. The molecule has 4 rings (SSSR count). The van der Waals surface area contributed by atoms with E-state index in [1.807, 2.05) is 79.7 Å². The molecule has 0 aliphatic rings. The van der Waals surface area contributed by atoms with E-state index in [9.17, 15) is 23.7 Å². The number of fused-ring (bicyclic) bond motifs is 1. The topological polar surface area (TPSA) is 108 Å². The van der Waals surface area contributed by atoms with Crippen molar-refractivity contribution in [2.24, 2.45) is 0 Å². The van der Waals surface area contributed by atoms with E-state index in [4.69, 9.17) is 0 Å². The average Bonchev–Trinajstić information content (AvgIpc) is 2.93. The molecule has 0 bridgehead atoms. The van der Waals surface area contributed by atoms with Gasteiger partial charge in [-0.1, -0.05) is 61.5 Å². The molecule has 6 nitrogen and oxygen atoms in total. The van der Waals surface area contributed by atoms with Gasteiger partial charge in [0.15, 0.2) is 9.84 Å². The van der Waals surface area contributed by atoms with Crippen LogP contribution in [0.2, 0.25) is 0 Å². The van der Waals surface area contributed by atoms with Crippen LogP contribution < -0.4 is 0 Å². The summed E-state index contributed by atoms with van der Waals surface area (Å²) < 4.78 is 24.3. The van der Waals surface area contributed by atoms with Gasteiger partial charge in [0.2, 0.25) is 0 Å². The lowest BCUT2D eigenvalue weighted by Gasteiger charge is -2.32. The maximum absolute atomic E-state index is 12.7. The summed E-state index contributed by atoms with van der Waals surface area (Å²) in [4.78, 5) is 4.63. The van der Waals surface area contributed by atoms with Crippen LogP contribution in [0.3, 0.4) is 0 Å². The Kier molecular flexibility index (Phi) is 8.76. The van der Waals surface area contributed by atoms with Crippen molar-refractivity contribution in [3.8, 4) is 11.1 Å². The van der Waals surface area contributed by atoms with E-state index in [0.717, 1.165) is 38.7 Å². The molecule has 0 fully saturated rings. The third-order valence-electron chi connectivity index (χ3n) is 8.33. The van der Waals surface area contributed by atoms with Gasteiger partial charge in [-0.05, 0) is 80.1 Å². The Balaban J connectivity index is 1.80. The van der Waals surface area contributed by atoms with E-state index in [-0.39, 0.29) is 12.5 Å². The highest BCUT2D eigenvalue weighted by atomic mass is 32.2. The Bertz CT molecular complexity index is 1620. The first-order valence-corrected chi connectivity index (χ1v) is 15.8. The molecule has 0 spiro atoms. The number of nitrogens with zero attached hydrogens (tertiary/aromatic N) is 1. The Morgan fingerprint density at radius 2 is 1.56 bits per heavy atom. The molecule has 7 heteroatoms. The summed E-state index contributed by atoms with van der Waals surface area (Å²) >= 11 is 0. The van der Waals surface area contributed by atoms with Gasteiger partial charge in [0.1, 0.15) is 0 Å². The number of rotatable bonds is 10. The summed E-state index contributed by atoms with van der Waals surface area (Å²) in [6.45, 7) is 8.65. The lowest BCUT2D eigenvalue weighted by Crippen LogP contribution is -2.41. The van der Waals surface area contributed by atoms with Crippen molar-refractivity contribution in [2.75, 3.05) is 12.9 Å². The van der Waals surface area contributed by atoms with Crippen LogP contribution in [-0.4, -0.2) is 53.3 Å². The third-order valence-corrected chi connectivity index (χ3v) is 10.4. The fourth-order valence-electron chi connectivity index (χ4n) is 5.18. The zero-order valence-electron chi connectivity index (χ0n) is 24.7. The highest BCUT2D eigenvalue weighted by molar-refractivity contribution is 7.91. The fraction of sp³-hybridized carbons (Fsp3) is 0.382. The van der Waals surface area contributed by atoms with Crippen molar-refractivity contribution in [1.29, 1.82) is 0 Å². The monoisotopic (exact) mass is 575 g/mol. The van der Waals surface area contributed by atoms with Crippen LogP contribution in [0.5, 0.6) is 0 Å². The lowest BCUT2D eigenvalue weighted by molar-refractivity contribution is -0.0609. The predicted octanol–water partition coefficient (Wildman–Crippen LogP) is 5.74. The van der Waals surface area contributed by atoms with Crippen LogP contribution in [0, 0.1) is 0 Å². The molecule has 0 amide bonds. The molecule has 3 atom stereocenters. The standard InChI is InChI=1S/C34H41NO5S/c1-22(21-36)24-12-14-25(15-13-24)30(32(37)33(2,3)38)18-23-9-7-10-26(17-23)29-20-28(34(4,5)41(6,39)40)19-27-11-8-16-35-31(27)29/h7-17,19-20,22,30,32,36-38H,18,21H2,1-6H3. The quantitative estimate of drug-likeness (QED) is 0.223. The molecule has 0 aliphatic carbocycles. The summed E-state index contributed by atoms with van der Waals surface area (Å²) in [6.07, 6.45) is 2.42. The summed E-state index contributed by atoms with van der Waals surface area (Å²) in [6, 6.07) is 23.4. The van der Waals surface area contributed by atoms with E-state index in [2.05, 4.69) is 4.98 Å². The van der Waals surface area contributed by atoms with Gasteiger partial charge in [0.25, 0.3) is 0 Å². The van der Waals surface area contributed by atoms with Crippen LogP contribution in [0.1, 0.15) is 68.7 Å². The lowest BCUT2D eigenvalue weighted by atomic mass is 9.80. The maximum Gasteiger partial charge on any atom is 0.156 e. The molecule has 3 aromatic carbocycles. The highest BCUT2D eigenvalue weighted by Crippen LogP contribution is 2.37. The molecule has 0 saturated carbocycles. The minimum absolute atomic E-state index is 0.00487. The first-order chi connectivity index (χ1) is 19.1. The molecule has 218 valence electrons. The van der Waals surface area contributed by atoms with Gasteiger partial charge in [-0.15, -0.1) is 0 Å². The SMILES string of the molecule is CC(CO)c1ccc(C(Cc2cccc(-c3cc(C(C)(C)S(C)(=O)=O)cc4cccnc34)c2)C(O)C(C)(C)O)cc1. The van der Waals surface area contributed by atoms with Gasteiger partial charge >= 0.3 is 0 Å². The van der Waals surface area contributed by atoms with Crippen molar-refractivity contribution in [3.05, 3.63) is 101 Å². The second-order valence-electron chi connectivity index (χ2n) is 12.2. The van der Waals surface area contributed by atoms with Crippen molar-refractivity contribution in [2.45, 2.75) is 69.3 Å². The van der Waals surface area contributed by atoms with Gasteiger partial charge in [-0.25, -0.2) is 8.42 Å². The molecule has 0 radical (unpaired) electrons. The molecule has 4 aromatic rings. The molecular formula is C34H41NO5S. The van der Waals surface area contributed by atoms with Crippen LogP contribution >= 0.6 is 0 Å². The smallest absolute Gasteiger partial charge is 0.156 e. The molecule has 1 heterocycles. The fourth-order valence-corrected chi connectivity index (χ4v) is 5.72. The van der Waals surface area contributed by atoms with Crippen LogP contribution in [0.15, 0.2) is 79.0 Å². The number of aromatic nitrogens is 1. The Labute approximate surface area is 243 Å². The minimum Gasteiger partial charge on any atom is -0.396 e. The minimum atomic E-state index is -3.40. The van der Waals surface area contributed by atoms with Crippen molar-refractivity contribution in [1.82, 2.24) is 4.98 Å². The third kappa shape index (κ3) is 6.54. The van der Waals surface area contributed by atoms with Crippen molar-refractivity contribution in [3.63, 3.8) is 0 Å². The first kappa shape index (κ1) is 30.8. The highest BCUT2D eigenvalue weighted by Gasteiger charge is 2.34. The van der Waals surface area contributed by atoms with E-state index < -0.39 is 32.2 Å². The van der Waals surface area contributed by atoms with Crippen LogP contribution in [-0.2, 0) is 21.0 Å². The summed E-state index contributed by atoms with van der Waals surface area (Å²) in [5.74, 6) is -0.389. The van der Waals surface area contributed by atoms with E-state index >= 15 is 0 Å². The summed E-state index contributed by atoms with van der Waals surface area (Å²) in [5, 5.41) is 32.4. The number of aliphatic hydroxyl groups is 3. The van der Waals surface area contributed by atoms with Gasteiger partial charge in [-0.3, -0.25) is 4.98 Å². The summed E-state index contributed by atoms with van der Waals surface area (Å²) in [5.41, 5.74) is 4.71. The van der Waals surface area contributed by atoms with E-state index in [1.165, 1.54) is 6.26 Å². The zero-order chi connectivity index (χ0) is 30.2. The molecule has 1 aromatic heterocycles. The normalized spacial score (nSPS) is 15.0. The molecular weight excluding hydrogens is 534 g/mol. The average molecular weight is 576 g/mol. The van der Waals surface area contributed by atoms with Crippen LogP contribution in [0.4, 0.5) is 0 Å². The zero-order valence-corrected chi connectivity index (χ0v) is 25.5. The van der Waals surface area contributed by atoms with Gasteiger partial charge < -0.3 is 15.3 Å². The predicted molar refractivity (Wildman–Crippen MR) is 166 cm³/mol. The second-order valence-corrected chi connectivity index (χ2v) is 14.8. The van der Waals surface area contributed by atoms with Gasteiger partial charge in [-0.2, -0.15) is 0 Å². The molecule has 41 heavy (non-hydrogen) atoms. The van der Waals surface area contributed by atoms with Crippen molar-refractivity contribution >= 4 is 20.7 Å². The summed E-state index contributed by atoms with van der Waals surface area (Å²) in [7, 11) is -3.40. The second kappa shape index (κ2) is 11.6. The van der Waals surface area contributed by atoms with Crippen LogP contribution in [0.25, 0.3) is 22.0 Å². The molecule has 3 unspecified atom stereocenters. The van der Waals surface area contributed by atoms with Gasteiger partial charge in [0.05, 0.1) is 22.0 Å². The largest absolute Gasteiger partial charge is 0.396 e. The number of hydrogen-bond acceptors (Lipinski definition) is 6. The molecule has 0 saturated heterocycles. The number of sulfone groups is 1. The van der Waals surface area contributed by atoms with Crippen molar-refractivity contribution < 1.29 is 23.7 Å². The Hall–Kier alpha value is -3.10. The van der Waals surface area contributed by atoms with E-state index in [1.54, 1.807) is 33.9 Å². The van der Waals surface area contributed by atoms with E-state index in [0.29, 0.717) is 12.0 Å². The first-order valence-electron chi connectivity index (χ1n) is 13.9. The molecule has 0 aliphatic heterocycles. The molecule has 3 N–H and O–H groups in total. The Morgan fingerprint density at radius 1 is 0.902 bits per heavy atom. The van der Waals surface area contributed by atoms with Gasteiger partial charge in [0, 0.05) is 41.8 Å². The number of hydrogen-bond donors (Lipinski definition) is 3. The maximum atomic E-state index is 12.7. The number of benzene rings is 3. The number of aliphatic hydroxyl groups excluding tert-OH is 2. The number of pyridine rings is 1.